The van der Waals surface area contributed by atoms with Crippen LogP contribution in [0.5, 0.6) is 0 Å². The molecule has 0 amide bonds. The van der Waals surface area contributed by atoms with E-state index in [1.165, 1.54) is 17.2 Å². The number of aromatic nitrogens is 2. The van der Waals surface area contributed by atoms with Crippen LogP contribution in [-0.4, -0.2) is 36.5 Å². The third kappa shape index (κ3) is 3.20. The van der Waals surface area contributed by atoms with Gasteiger partial charge >= 0.3 is 0 Å². The Kier molecular flexibility index (Phi) is 4.15. The summed E-state index contributed by atoms with van der Waals surface area (Å²) in [5.41, 5.74) is 1.24. The van der Waals surface area contributed by atoms with Crippen LogP contribution in [0.25, 0.3) is 0 Å². The van der Waals surface area contributed by atoms with Crippen molar-refractivity contribution in [3.63, 3.8) is 0 Å². The van der Waals surface area contributed by atoms with Gasteiger partial charge in [-0.1, -0.05) is 18.2 Å². The van der Waals surface area contributed by atoms with Crippen LogP contribution in [0.15, 0.2) is 30.3 Å². The third-order valence-electron chi connectivity index (χ3n) is 2.81. The molecule has 0 aliphatic heterocycles. The molecule has 0 N–H and O–H groups in total. The van der Waals surface area contributed by atoms with Gasteiger partial charge in [-0.2, -0.15) is 4.37 Å². The Balaban J connectivity index is 1.88. The fraction of sp³-hybridized carbons (Fsp3) is 0.385. The van der Waals surface area contributed by atoms with E-state index >= 15 is 0 Å². The molecule has 18 heavy (non-hydrogen) atoms. The Morgan fingerprint density at radius 1 is 1.06 bits per heavy atom. The van der Waals surface area contributed by atoms with Crippen molar-refractivity contribution in [3.8, 4) is 0 Å². The number of hydrogen-bond acceptors (Lipinski definition) is 5. The molecule has 1 heterocycles. The Morgan fingerprint density at radius 3 is 2.33 bits per heavy atom. The molecular formula is C13H18N4S. The Morgan fingerprint density at radius 2 is 1.72 bits per heavy atom. The largest absolute Gasteiger partial charge is 0.373 e. The minimum Gasteiger partial charge on any atom is -0.373 e. The van der Waals surface area contributed by atoms with Crippen LogP contribution in [0.3, 0.4) is 0 Å². The van der Waals surface area contributed by atoms with E-state index in [0.29, 0.717) is 0 Å². The van der Waals surface area contributed by atoms with E-state index in [9.17, 15) is 0 Å². The standard InChI is InChI=1S/C13H18N4S/c1-11-14-13(18-15-11)17(3)10-9-16(2)12-7-5-4-6-8-12/h4-8H,9-10H2,1-3H3. The van der Waals surface area contributed by atoms with Crippen LogP contribution < -0.4 is 9.80 Å². The number of nitrogens with zero attached hydrogens (tertiary/aromatic N) is 4. The maximum absolute atomic E-state index is 4.38. The fourth-order valence-electron chi connectivity index (χ4n) is 1.65. The molecule has 5 heteroatoms. The van der Waals surface area contributed by atoms with Gasteiger partial charge in [0, 0.05) is 44.4 Å². The molecule has 2 rings (SSSR count). The molecule has 0 radical (unpaired) electrons. The van der Waals surface area contributed by atoms with Crippen molar-refractivity contribution in [2.75, 3.05) is 37.0 Å². The van der Waals surface area contributed by atoms with Gasteiger partial charge in [-0.3, -0.25) is 0 Å². The first-order valence-electron chi connectivity index (χ1n) is 5.94. The lowest BCUT2D eigenvalue weighted by molar-refractivity contribution is 0.828. The van der Waals surface area contributed by atoms with Crippen LogP contribution in [-0.2, 0) is 0 Å². The van der Waals surface area contributed by atoms with E-state index in [0.717, 1.165) is 24.0 Å². The molecule has 4 nitrogen and oxygen atoms in total. The Hall–Kier alpha value is -1.62. The zero-order valence-corrected chi connectivity index (χ0v) is 11.8. The van der Waals surface area contributed by atoms with Gasteiger partial charge in [-0.05, 0) is 19.1 Å². The summed E-state index contributed by atoms with van der Waals surface area (Å²) in [5.74, 6) is 0.846. The second-order valence-electron chi connectivity index (χ2n) is 4.30. The summed E-state index contributed by atoms with van der Waals surface area (Å²) in [6.45, 7) is 3.81. The molecule has 1 aromatic carbocycles. The van der Waals surface area contributed by atoms with E-state index in [1.54, 1.807) is 0 Å². The molecule has 0 unspecified atom stereocenters. The SMILES string of the molecule is Cc1nsc(N(C)CCN(C)c2ccccc2)n1. The molecule has 0 aliphatic rings. The number of hydrogen-bond donors (Lipinski definition) is 0. The van der Waals surface area contributed by atoms with Crippen LogP contribution >= 0.6 is 11.5 Å². The van der Waals surface area contributed by atoms with Gasteiger partial charge in [0.2, 0.25) is 5.13 Å². The van der Waals surface area contributed by atoms with E-state index < -0.39 is 0 Å². The smallest absolute Gasteiger partial charge is 0.204 e. The van der Waals surface area contributed by atoms with Gasteiger partial charge in [-0.15, -0.1) is 0 Å². The maximum atomic E-state index is 4.38. The molecule has 0 fully saturated rings. The summed E-state index contributed by atoms with van der Waals surface area (Å²) in [7, 11) is 4.16. The van der Waals surface area contributed by atoms with E-state index in [-0.39, 0.29) is 0 Å². The monoisotopic (exact) mass is 262 g/mol. The van der Waals surface area contributed by atoms with Crippen LogP contribution in [0.4, 0.5) is 10.8 Å². The average Bonchev–Trinajstić information content (AvgIpc) is 2.83. The first kappa shape index (κ1) is 12.8. The number of aryl methyl sites for hydroxylation is 1. The third-order valence-corrected chi connectivity index (χ3v) is 3.73. The fourth-order valence-corrected chi connectivity index (χ4v) is 2.31. The highest BCUT2D eigenvalue weighted by Crippen LogP contribution is 2.16. The number of anilines is 2. The van der Waals surface area contributed by atoms with Crippen molar-refractivity contribution >= 4 is 22.4 Å². The van der Waals surface area contributed by atoms with Crippen molar-refractivity contribution < 1.29 is 0 Å². The van der Waals surface area contributed by atoms with Crippen molar-refractivity contribution in [2.45, 2.75) is 6.92 Å². The highest BCUT2D eigenvalue weighted by atomic mass is 32.1. The van der Waals surface area contributed by atoms with Gasteiger partial charge in [0.05, 0.1) is 0 Å². The average molecular weight is 262 g/mol. The van der Waals surface area contributed by atoms with Gasteiger partial charge in [0.1, 0.15) is 5.82 Å². The molecule has 0 spiro atoms. The zero-order chi connectivity index (χ0) is 13.0. The highest BCUT2D eigenvalue weighted by molar-refractivity contribution is 7.09. The van der Waals surface area contributed by atoms with Crippen LogP contribution in [0.2, 0.25) is 0 Å². The molecule has 0 bridgehead atoms. The van der Waals surface area contributed by atoms with Gasteiger partial charge in [0.25, 0.3) is 0 Å². The Labute approximate surface area is 112 Å². The molecule has 0 aliphatic carbocycles. The lowest BCUT2D eigenvalue weighted by atomic mass is 10.3. The van der Waals surface area contributed by atoms with E-state index in [2.05, 4.69) is 57.5 Å². The predicted octanol–water partition coefficient (Wildman–Crippen LogP) is 2.42. The second-order valence-corrected chi connectivity index (χ2v) is 5.03. The molecule has 0 saturated carbocycles. The molecule has 96 valence electrons. The minimum absolute atomic E-state index is 0.846. The van der Waals surface area contributed by atoms with E-state index in [4.69, 9.17) is 0 Å². The van der Waals surface area contributed by atoms with Crippen molar-refractivity contribution in [3.05, 3.63) is 36.2 Å². The molecular weight excluding hydrogens is 244 g/mol. The van der Waals surface area contributed by atoms with Crippen LogP contribution in [0.1, 0.15) is 5.82 Å². The topological polar surface area (TPSA) is 32.3 Å². The minimum atomic E-state index is 0.846. The molecule has 1 aromatic heterocycles. The number of benzene rings is 1. The molecule has 0 saturated heterocycles. The summed E-state index contributed by atoms with van der Waals surface area (Å²) >= 11 is 1.45. The number of para-hydroxylation sites is 1. The zero-order valence-electron chi connectivity index (χ0n) is 11.0. The first-order valence-corrected chi connectivity index (χ1v) is 6.72. The second kappa shape index (κ2) is 5.82. The summed E-state index contributed by atoms with van der Waals surface area (Å²) in [6, 6.07) is 10.4. The van der Waals surface area contributed by atoms with Crippen molar-refractivity contribution in [2.24, 2.45) is 0 Å². The summed E-state index contributed by atoms with van der Waals surface area (Å²) in [5, 5.41) is 0.981. The van der Waals surface area contributed by atoms with Crippen LogP contribution in [0, 0.1) is 6.92 Å². The van der Waals surface area contributed by atoms with Crippen molar-refractivity contribution in [1.29, 1.82) is 0 Å². The molecule has 0 atom stereocenters. The van der Waals surface area contributed by atoms with Gasteiger partial charge in [0.15, 0.2) is 0 Å². The lowest BCUT2D eigenvalue weighted by Gasteiger charge is -2.23. The first-order chi connectivity index (χ1) is 8.66. The number of rotatable bonds is 5. The summed E-state index contributed by atoms with van der Waals surface area (Å²) in [6.07, 6.45) is 0. The van der Waals surface area contributed by atoms with Gasteiger partial charge in [-0.25, -0.2) is 4.98 Å². The van der Waals surface area contributed by atoms with Crippen molar-refractivity contribution in [1.82, 2.24) is 9.36 Å². The summed E-state index contributed by atoms with van der Waals surface area (Å²) < 4.78 is 4.20. The Bertz CT molecular complexity index is 483. The normalized spacial score (nSPS) is 10.4. The van der Waals surface area contributed by atoms with Gasteiger partial charge < -0.3 is 9.80 Å². The maximum Gasteiger partial charge on any atom is 0.204 e. The quantitative estimate of drug-likeness (QED) is 0.828. The molecule has 2 aromatic rings. The van der Waals surface area contributed by atoms with E-state index in [1.807, 2.05) is 13.0 Å². The predicted molar refractivity (Wildman–Crippen MR) is 77.6 cm³/mol. The summed E-state index contributed by atoms with van der Waals surface area (Å²) in [4.78, 5) is 8.76. The highest BCUT2D eigenvalue weighted by Gasteiger charge is 2.07. The lowest BCUT2D eigenvalue weighted by Crippen LogP contribution is -2.30. The number of likely N-dealkylation sites (N-methyl/N-ethyl adjacent to an activating group) is 2.